The van der Waals surface area contributed by atoms with Gasteiger partial charge < -0.3 is 9.47 Å². The van der Waals surface area contributed by atoms with Gasteiger partial charge in [0.25, 0.3) is 0 Å². The first-order valence-corrected chi connectivity index (χ1v) is 9.43. The molecule has 0 bridgehead atoms. The largest absolute Gasteiger partial charge is 0.465 e. The number of ketones is 1. The second-order valence-electron chi connectivity index (χ2n) is 8.64. The van der Waals surface area contributed by atoms with Gasteiger partial charge in [-0.3, -0.25) is 9.59 Å². The Morgan fingerprint density at radius 1 is 1.24 bits per heavy atom. The van der Waals surface area contributed by atoms with E-state index in [0.29, 0.717) is 26.1 Å². The fourth-order valence-electron chi connectivity index (χ4n) is 5.82. The number of hydrogen-bond donors (Lipinski definition) is 0. The molecule has 5 nitrogen and oxygen atoms in total. The van der Waals surface area contributed by atoms with E-state index in [-0.39, 0.29) is 40.9 Å². The van der Waals surface area contributed by atoms with Crippen LogP contribution in [0.2, 0.25) is 0 Å². The SMILES string of the molecule is C[C@@H]1C(=O)CC23COC(=O)C2=CCCC3[C@@]1(C)CCC1COC(=O)C1. The topological polar surface area (TPSA) is 69.7 Å². The van der Waals surface area contributed by atoms with E-state index >= 15 is 0 Å². The van der Waals surface area contributed by atoms with Crippen molar-refractivity contribution in [1.29, 1.82) is 0 Å². The number of cyclic esters (lactones) is 2. The molecular formula is C20H26O5. The number of Topliss-reactive ketones (excluding diaryl/α,β-unsaturated/α-hetero) is 1. The Bertz CT molecular complexity index is 665. The van der Waals surface area contributed by atoms with Crippen molar-refractivity contribution in [2.45, 2.75) is 52.4 Å². The summed E-state index contributed by atoms with van der Waals surface area (Å²) in [5.41, 5.74) is 0.152. The van der Waals surface area contributed by atoms with Crippen molar-refractivity contribution in [1.82, 2.24) is 0 Å². The molecule has 5 heteroatoms. The maximum atomic E-state index is 12.9. The predicted molar refractivity (Wildman–Crippen MR) is 89.4 cm³/mol. The van der Waals surface area contributed by atoms with E-state index in [4.69, 9.17) is 9.47 Å². The summed E-state index contributed by atoms with van der Waals surface area (Å²) >= 11 is 0. The average molecular weight is 346 g/mol. The molecule has 2 aliphatic heterocycles. The molecule has 0 aromatic carbocycles. The van der Waals surface area contributed by atoms with Crippen LogP contribution in [-0.2, 0) is 23.9 Å². The summed E-state index contributed by atoms with van der Waals surface area (Å²) in [6, 6.07) is 0. The third kappa shape index (κ3) is 2.38. The van der Waals surface area contributed by atoms with Crippen LogP contribution in [0.3, 0.4) is 0 Å². The average Bonchev–Trinajstić information content (AvgIpc) is 3.15. The second kappa shape index (κ2) is 5.68. The first-order valence-electron chi connectivity index (χ1n) is 9.43. The highest BCUT2D eigenvalue weighted by Gasteiger charge is 2.63. The molecule has 0 N–H and O–H groups in total. The Hall–Kier alpha value is -1.65. The lowest BCUT2D eigenvalue weighted by molar-refractivity contribution is -0.145. The van der Waals surface area contributed by atoms with Gasteiger partial charge in [-0.15, -0.1) is 0 Å². The summed E-state index contributed by atoms with van der Waals surface area (Å²) in [4.78, 5) is 36.5. The van der Waals surface area contributed by atoms with Crippen LogP contribution < -0.4 is 0 Å². The van der Waals surface area contributed by atoms with Gasteiger partial charge in [0.1, 0.15) is 12.4 Å². The number of rotatable bonds is 3. The van der Waals surface area contributed by atoms with Crippen molar-refractivity contribution >= 4 is 17.7 Å². The molecule has 3 fully saturated rings. The number of ether oxygens (including phenoxy) is 2. The maximum absolute atomic E-state index is 12.9. The number of esters is 2. The van der Waals surface area contributed by atoms with Gasteiger partial charge in [0.15, 0.2) is 0 Å². The monoisotopic (exact) mass is 346 g/mol. The fourth-order valence-corrected chi connectivity index (χ4v) is 5.82. The molecule has 4 aliphatic rings. The van der Waals surface area contributed by atoms with E-state index in [1.165, 1.54) is 0 Å². The van der Waals surface area contributed by atoms with Crippen molar-refractivity contribution in [2.24, 2.45) is 28.6 Å². The molecule has 1 saturated carbocycles. The zero-order chi connectivity index (χ0) is 17.8. The van der Waals surface area contributed by atoms with E-state index < -0.39 is 5.41 Å². The number of carbonyl (C=O) groups excluding carboxylic acids is 3. The lowest BCUT2D eigenvalue weighted by atomic mass is 9.46. The summed E-state index contributed by atoms with van der Waals surface area (Å²) in [6.07, 6.45) is 6.55. The van der Waals surface area contributed by atoms with Crippen molar-refractivity contribution in [3.05, 3.63) is 11.6 Å². The lowest BCUT2D eigenvalue weighted by Crippen LogP contribution is -2.55. The molecular weight excluding hydrogens is 320 g/mol. The van der Waals surface area contributed by atoms with Crippen LogP contribution in [0.15, 0.2) is 11.6 Å². The van der Waals surface area contributed by atoms with Crippen LogP contribution in [0, 0.1) is 28.6 Å². The molecule has 2 heterocycles. The van der Waals surface area contributed by atoms with Gasteiger partial charge >= 0.3 is 11.9 Å². The lowest BCUT2D eigenvalue weighted by Gasteiger charge is -2.55. The van der Waals surface area contributed by atoms with E-state index in [0.717, 1.165) is 31.3 Å². The van der Waals surface area contributed by atoms with E-state index in [1.54, 1.807) is 0 Å². The molecule has 0 aromatic heterocycles. The van der Waals surface area contributed by atoms with Crippen molar-refractivity contribution in [3.63, 3.8) is 0 Å². The van der Waals surface area contributed by atoms with Crippen molar-refractivity contribution in [3.8, 4) is 0 Å². The normalized spacial score (nSPS) is 43.2. The number of allylic oxidation sites excluding steroid dienone is 1. The van der Waals surface area contributed by atoms with E-state index in [9.17, 15) is 14.4 Å². The molecule has 2 aliphatic carbocycles. The number of hydrogen-bond acceptors (Lipinski definition) is 5. The number of carbonyl (C=O) groups is 3. The molecule has 5 atom stereocenters. The Kier molecular flexibility index (Phi) is 3.82. The molecule has 25 heavy (non-hydrogen) atoms. The van der Waals surface area contributed by atoms with Gasteiger partial charge in [-0.25, -0.2) is 4.79 Å². The zero-order valence-corrected chi connectivity index (χ0v) is 15.0. The van der Waals surface area contributed by atoms with E-state index in [2.05, 4.69) is 6.92 Å². The fraction of sp³-hybridized carbons (Fsp3) is 0.750. The zero-order valence-electron chi connectivity index (χ0n) is 15.0. The third-order valence-corrected chi connectivity index (χ3v) is 7.47. The van der Waals surface area contributed by atoms with Gasteiger partial charge in [0, 0.05) is 29.2 Å². The maximum Gasteiger partial charge on any atom is 0.334 e. The van der Waals surface area contributed by atoms with Crippen LogP contribution in [0.25, 0.3) is 0 Å². The summed E-state index contributed by atoms with van der Waals surface area (Å²) in [6.45, 7) is 5.10. The van der Waals surface area contributed by atoms with Gasteiger partial charge in [0.05, 0.1) is 13.0 Å². The second-order valence-corrected chi connectivity index (χ2v) is 8.64. The van der Waals surface area contributed by atoms with Gasteiger partial charge in [-0.1, -0.05) is 19.9 Å². The van der Waals surface area contributed by atoms with Gasteiger partial charge in [-0.2, -0.15) is 0 Å². The minimum Gasteiger partial charge on any atom is -0.465 e. The molecule has 136 valence electrons. The molecule has 0 amide bonds. The Balaban J connectivity index is 1.63. The first-order chi connectivity index (χ1) is 11.9. The summed E-state index contributed by atoms with van der Waals surface area (Å²) in [5.74, 6) is 0.391. The van der Waals surface area contributed by atoms with Gasteiger partial charge in [0.2, 0.25) is 0 Å². The minimum absolute atomic E-state index is 0.0313. The van der Waals surface area contributed by atoms with Gasteiger partial charge in [-0.05, 0) is 37.0 Å². The quantitative estimate of drug-likeness (QED) is 0.735. The smallest absolute Gasteiger partial charge is 0.334 e. The molecule has 0 radical (unpaired) electrons. The first kappa shape index (κ1) is 16.8. The molecule has 3 unspecified atom stereocenters. The highest BCUT2D eigenvalue weighted by atomic mass is 16.5. The Morgan fingerprint density at radius 2 is 2.04 bits per heavy atom. The third-order valence-electron chi connectivity index (χ3n) is 7.47. The minimum atomic E-state index is -0.421. The van der Waals surface area contributed by atoms with Crippen LogP contribution >= 0.6 is 0 Å². The highest BCUT2D eigenvalue weighted by molar-refractivity contribution is 5.95. The Labute approximate surface area is 148 Å². The molecule has 0 aromatic rings. The Morgan fingerprint density at radius 3 is 2.76 bits per heavy atom. The molecule has 2 saturated heterocycles. The molecule has 1 spiro atoms. The van der Waals surface area contributed by atoms with Crippen molar-refractivity contribution < 1.29 is 23.9 Å². The van der Waals surface area contributed by atoms with Crippen LogP contribution in [-0.4, -0.2) is 30.9 Å². The summed E-state index contributed by atoms with van der Waals surface area (Å²) in [5, 5.41) is 0. The summed E-state index contributed by atoms with van der Waals surface area (Å²) in [7, 11) is 0. The van der Waals surface area contributed by atoms with Crippen LogP contribution in [0.1, 0.15) is 52.4 Å². The molecule has 4 rings (SSSR count). The van der Waals surface area contributed by atoms with Crippen LogP contribution in [0.4, 0.5) is 0 Å². The van der Waals surface area contributed by atoms with Crippen LogP contribution in [0.5, 0.6) is 0 Å². The highest BCUT2D eigenvalue weighted by Crippen LogP contribution is 2.63. The predicted octanol–water partition coefficient (Wildman–Crippen LogP) is 2.82. The van der Waals surface area contributed by atoms with E-state index in [1.807, 2.05) is 13.0 Å². The summed E-state index contributed by atoms with van der Waals surface area (Å²) < 4.78 is 10.5. The van der Waals surface area contributed by atoms with Crippen molar-refractivity contribution in [2.75, 3.05) is 13.2 Å². The standard InChI is InChI=1S/C20H26O5/c1-12-15(21)9-20-11-25-18(23)14(20)4-3-5-16(20)19(12,2)7-6-13-8-17(22)24-10-13/h4,12-13,16H,3,5-11H2,1-2H3/t12-,13?,16?,19+,20?/m1/s1.